The first-order valence-electron chi connectivity index (χ1n) is 7.33. The van der Waals surface area contributed by atoms with Gasteiger partial charge in [-0.05, 0) is 31.2 Å². The molecule has 0 aliphatic carbocycles. The minimum atomic E-state index is -0.359. The van der Waals surface area contributed by atoms with E-state index in [1.165, 1.54) is 12.0 Å². The summed E-state index contributed by atoms with van der Waals surface area (Å²) in [6, 6.07) is 9.26. The number of esters is 1. The first-order chi connectivity index (χ1) is 11.1. The fraction of sp³-hybridized carbons (Fsp3) is 0.235. The predicted octanol–water partition coefficient (Wildman–Crippen LogP) is 4.09. The first kappa shape index (κ1) is 15.4. The number of aryl methyl sites for hydroxylation is 2. The second-order valence-corrected chi connectivity index (χ2v) is 6.35. The second-order valence-electron chi connectivity index (χ2n) is 5.12. The molecule has 6 heteroatoms. The van der Waals surface area contributed by atoms with E-state index in [4.69, 9.17) is 4.74 Å². The third kappa shape index (κ3) is 3.17. The van der Waals surface area contributed by atoms with Crippen LogP contribution in [0.15, 0.2) is 30.3 Å². The van der Waals surface area contributed by atoms with Gasteiger partial charge in [-0.1, -0.05) is 13.0 Å². The van der Waals surface area contributed by atoms with Gasteiger partial charge in [0.2, 0.25) is 0 Å². The van der Waals surface area contributed by atoms with E-state index in [9.17, 15) is 4.79 Å². The quantitative estimate of drug-likeness (QED) is 0.731. The average molecular weight is 327 g/mol. The number of nitrogens with one attached hydrogen (secondary N) is 1. The number of anilines is 2. The van der Waals surface area contributed by atoms with Crippen LogP contribution >= 0.6 is 11.3 Å². The molecule has 3 rings (SSSR count). The topological polar surface area (TPSA) is 64.1 Å². The molecule has 0 amide bonds. The Kier molecular flexibility index (Phi) is 4.25. The maximum atomic E-state index is 11.7. The van der Waals surface area contributed by atoms with Gasteiger partial charge in [0.25, 0.3) is 0 Å². The van der Waals surface area contributed by atoms with E-state index in [0.717, 1.165) is 34.0 Å². The SMILES string of the molecule is CCc1nc(Nc2cccc(C(=O)OC)c2)c2cc(C)sc2n1. The summed E-state index contributed by atoms with van der Waals surface area (Å²) in [5, 5.41) is 4.30. The molecule has 0 atom stereocenters. The van der Waals surface area contributed by atoms with Crippen molar-refractivity contribution in [2.45, 2.75) is 20.3 Å². The van der Waals surface area contributed by atoms with Crippen molar-refractivity contribution in [3.05, 3.63) is 46.6 Å². The van der Waals surface area contributed by atoms with Crippen molar-refractivity contribution >= 4 is 39.0 Å². The van der Waals surface area contributed by atoms with Crippen LogP contribution in [0, 0.1) is 6.92 Å². The van der Waals surface area contributed by atoms with Crippen LogP contribution in [0.1, 0.15) is 28.0 Å². The van der Waals surface area contributed by atoms with Gasteiger partial charge in [0.15, 0.2) is 0 Å². The van der Waals surface area contributed by atoms with Crippen LogP contribution in [0.4, 0.5) is 11.5 Å². The normalized spacial score (nSPS) is 10.7. The standard InChI is InChI=1S/C17H17N3O2S/c1-4-14-19-15(13-8-10(2)23-16(13)20-14)18-12-7-5-6-11(9-12)17(21)22-3/h5-9H,4H2,1-3H3,(H,18,19,20). The lowest BCUT2D eigenvalue weighted by molar-refractivity contribution is 0.0601. The van der Waals surface area contributed by atoms with Crippen LogP contribution in [0.3, 0.4) is 0 Å². The van der Waals surface area contributed by atoms with Crippen LogP contribution < -0.4 is 5.32 Å². The van der Waals surface area contributed by atoms with Gasteiger partial charge in [-0.25, -0.2) is 14.8 Å². The number of aromatic nitrogens is 2. The van der Waals surface area contributed by atoms with E-state index in [1.54, 1.807) is 23.5 Å². The van der Waals surface area contributed by atoms with Gasteiger partial charge in [0.1, 0.15) is 16.5 Å². The van der Waals surface area contributed by atoms with Crippen molar-refractivity contribution in [3.8, 4) is 0 Å². The summed E-state index contributed by atoms with van der Waals surface area (Å²) in [6.07, 6.45) is 0.768. The lowest BCUT2D eigenvalue weighted by atomic mass is 10.2. The molecule has 0 saturated carbocycles. The summed E-state index contributed by atoms with van der Waals surface area (Å²) >= 11 is 1.65. The fourth-order valence-electron chi connectivity index (χ4n) is 2.32. The van der Waals surface area contributed by atoms with Gasteiger partial charge < -0.3 is 10.1 Å². The zero-order valence-electron chi connectivity index (χ0n) is 13.2. The molecule has 0 unspecified atom stereocenters. The first-order valence-corrected chi connectivity index (χ1v) is 8.15. The molecular formula is C17H17N3O2S. The van der Waals surface area contributed by atoms with Crippen LogP contribution in [-0.4, -0.2) is 23.0 Å². The molecule has 0 bridgehead atoms. The summed E-state index contributed by atoms with van der Waals surface area (Å²) in [5.74, 6) is 1.20. The van der Waals surface area contributed by atoms with E-state index in [-0.39, 0.29) is 5.97 Å². The van der Waals surface area contributed by atoms with E-state index >= 15 is 0 Å². The summed E-state index contributed by atoms with van der Waals surface area (Å²) < 4.78 is 4.76. The molecule has 23 heavy (non-hydrogen) atoms. The number of thiophene rings is 1. The molecule has 0 fully saturated rings. The summed E-state index contributed by atoms with van der Waals surface area (Å²) in [5.41, 5.74) is 1.29. The molecule has 5 nitrogen and oxygen atoms in total. The monoisotopic (exact) mass is 327 g/mol. The number of methoxy groups -OCH3 is 1. The molecule has 1 N–H and O–H groups in total. The van der Waals surface area contributed by atoms with Crippen LogP contribution in [0.5, 0.6) is 0 Å². The largest absolute Gasteiger partial charge is 0.465 e. The molecule has 1 aromatic carbocycles. The number of benzene rings is 1. The maximum Gasteiger partial charge on any atom is 0.337 e. The molecule has 2 heterocycles. The minimum absolute atomic E-state index is 0.359. The molecule has 0 aliphatic heterocycles. The molecule has 0 saturated heterocycles. The van der Waals surface area contributed by atoms with E-state index in [2.05, 4.69) is 28.3 Å². The lowest BCUT2D eigenvalue weighted by Crippen LogP contribution is -2.03. The van der Waals surface area contributed by atoms with Crippen molar-refractivity contribution in [2.24, 2.45) is 0 Å². The van der Waals surface area contributed by atoms with Crippen molar-refractivity contribution < 1.29 is 9.53 Å². The summed E-state index contributed by atoms with van der Waals surface area (Å²) in [6.45, 7) is 4.09. The third-order valence-electron chi connectivity index (χ3n) is 3.42. The van der Waals surface area contributed by atoms with Gasteiger partial charge in [-0.3, -0.25) is 0 Å². The molecule has 3 aromatic rings. The number of ether oxygens (including phenoxy) is 1. The fourth-order valence-corrected chi connectivity index (χ4v) is 3.22. The van der Waals surface area contributed by atoms with Gasteiger partial charge in [-0.15, -0.1) is 11.3 Å². The maximum absolute atomic E-state index is 11.7. The number of fused-ring (bicyclic) bond motifs is 1. The van der Waals surface area contributed by atoms with Gasteiger partial charge >= 0.3 is 5.97 Å². The van der Waals surface area contributed by atoms with Crippen molar-refractivity contribution in [1.29, 1.82) is 0 Å². The Morgan fingerprint density at radius 3 is 2.87 bits per heavy atom. The van der Waals surface area contributed by atoms with Crippen LogP contribution in [0.25, 0.3) is 10.2 Å². The Morgan fingerprint density at radius 2 is 2.13 bits per heavy atom. The van der Waals surface area contributed by atoms with Crippen molar-refractivity contribution in [3.63, 3.8) is 0 Å². The molecule has 2 aromatic heterocycles. The number of nitrogens with zero attached hydrogens (tertiary/aromatic N) is 2. The molecular weight excluding hydrogens is 310 g/mol. The smallest absolute Gasteiger partial charge is 0.337 e. The Labute approximate surface area is 138 Å². The number of hydrogen-bond acceptors (Lipinski definition) is 6. The van der Waals surface area contributed by atoms with Crippen molar-refractivity contribution in [2.75, 3.05) is 12.4 Å². The predicted molar refractivity (Wildman–Crippen MR) is 92.6 cm³/mol. The van der Waals surface area contributed by atoms with Crippen LogP contribution in [-0.2, 0) is 11.2 Å². The number of rotatable bonds is 4. The zero-order chi connectivity index (χ0) is 16.4. The molecule has 0 radical (unpaired) electrons. The van der Waals surface area contributed by atoms with Gasteiger partial charge in [0.05, 0.1) is 18.1 Å². The number of carbonyl (C=O) groups is 1. The van der Waals surface area contributed by atoms with Crippen LogP contribution in [0.2, 0.25) is 0 Å². The highest BCUT2D eigenvalue weighted by Crippen LogP contribution is 2.30. The highest BCUT2D eigenvalue weighted by molar-refractivity contribution is 7.18. The second kappa shape index (κ2) is 6.34. The molecule has 0 aliphatic rings. The third-order valence-corrected chi connectivity index (χ3v) is 4.37. The minimum Gasteiger partial charge on any atom is -0.465 e. The Bertz CT molecular complexity index is 873. The molecule has 0 spiro atoms. The zero-order valence-corrected chi connectivity index (χ0v) is 14.0. The Morgan fingerprint density at radius 1 is 1.30 bits per heavy atom. The van der Waals surface area contributed by atoms with Crippen molar-refractivity contribution in [1.82, 2.24) is 9.97 Å². The average Bonchev–Trinajstić information content (AvgIpc) is 2.94. The van der Waals surface area contributed by atoms with Gasteiger partial charge in [0, 0.05) is 17.0 Å². The van der Waals surface area contributed by atoms with Gasteiger partial charge in [-0.2, -0.15) is 0 Å². The summed E-state index contributed by atoms with van der Waals surface area (Å²) in [4.78, 5) is 23.0. The number of hydrogen-bond donors (Lipinski definition) is 1. The number of carbonyl (C=O) groups excluding carboxylic acids is 1. The van der Waals surface area contributed by atoms with E-state index in [1.807, 2.05) is 19.1 Å². The lowest BCUT2D eigenvalue weighted by Gasteiger charge is -2.09. The molecule has 118 valence electrons. The van der Waals surface area contributed by atoms with E-state index in [0.29, 0.717) is 5.56 Å². The van der Waals surface area contributed by atoms with E-state index < -0.39 is 0 Å². The Balaban J connectivity index is 2.02. The Hall–Kier alpha value is -2.47. The highest BCUT2D eigenvalue weighted by Gasteiger charge is 2.11. The summed E-state index contributed by atoms with van der Waals surface area (Å²) in [7, 11) is 1.37. The highest BCUT2D eigenvalue weighted by atomic mass is 32.1.